The lowest BCUT2D eigenvalue weighted by Gasteiger charge is -2.08. The van der Waals surface area contributed by atoms with Gasteiger partial charge in [0, 0.05) is 6.07 Å². The van der Waals surface area contributed by atoms with Crippen LogP contribution < -0.4 is 9.50 Å². The molecule has 0 unspecified atom stereocenters. The first-order chi connectivity index (χ1) is 15.7. The molecule has 1 amide bonds. The van der Waals surface area contributed by atoms with Crippen LogP contribution in [-0.2, 0) is 14.9 Å². The Balaban J connectivity index is 1.84. The zero-order valence-corrected chi connectivity index (χ0v) is 18.1. The molecule has 3 aromatic carbocycles. The third-order valence-corrected chi connectivity index (χ3v) is 5.63. The van der Waals surface area contributed by atoms with E-state index in [-0.39, 0.29) is 27.6 Å². The highest BCUT2D eigenvalue weighted by Gasteiger charge is 2.19. The number of anilines is 1. The Hall–Kier alpha value is -4.49. The number of nitro groups is 1. The molecule has 3 aromatic rings. The number of nitrogens with one attached hydrogen (secondary N) is 1. The Labute approximate surface area is 189 Å². The van der Waals surface area contributed by atoms with Gasteiger partial charge in [-0.3, -0.25) is 14.9 Å². The van der Waals surface area contributed by atoms with Crippen molar-refractivity contribution in [3.8, 4) is 11.8 Å². The number of nitrogens with zero attached hydrogens (tertiary/aromatic N) is 2. The lowest BCUT2D eigenvalue weighted by Crippen LogP contribution is -2.14. The highest BCUT2D eigenvalue weighted by atomic mass is 32.2. The van der Waals surface area contributed by atoms with Crippen LogP contribution in [0.2, 0.25) is 0 Å². The minimum absolute atomic E-state index is 0.0144. The normalized spacial score (nSPS) is 11.3. The SMILES string of the molecule is Cc1ccc(NC(=O)/C(C#N)=C/c2cccc(OS(=O)(=O)c3ccccc3)c2)c([N+](=O)[O-])c1. The van der Waals surface area contributed by atoms with Crippen LogP contribution in [-0.4, -0.2) is 19.2 Å². The average Bonchev–Trinajstić information content (AvgIpc) is 2.79. The van der Waals surface area contributed by atoms with Gasteiger partial charge < -0.3 is 9.50 Å². The van der Waals surface area contributed by atoms with Gasteiger partial charge in [-0.25, -0.2) is 0 Å². The zero-order chi connectivity index (χ0) is 24.0. The number of rotatable bonds is 7. The van der Waals surface area contributed by atoms with Gasteiger partial charge in [0.1, 0.15) is 28.0 Å². The van der Waals surface area contributed by atoms with Crippen LogP contribution >= 0.6 is 0 Å². The molecule has 0 spiro atoms. The second kappa shape index (κ2) is 9.76. The van der Waals surface area contributed by atoms with Crippen molar-refractivity contribution in [1.29, 1.82) is 5.26 Å². The van der Waals surface area contributed by atoms with E-state index in [4.69, 9.17) is 4.18 Å². The molecule has 0 saturated carbocycles. The topological polar surface area (TPSA) is 139 Å². The summed E-state index contributed by atoms with van der Waals surface area (Å²) in [5.74, 6) is -0.868. The number of hydrogen-bond donors (Lipinski definition) is 1. The molecule has 0 heterocycles. The van der Waals surface area contributed by atoms with Gasteiger partial charge in [-0.1, -0.05) is 36.4 Å². The lowest BCUT2D eigenvalue weighted by atomic mass is 10.1. The first kappa shape index (κ1) is 23.2. The predicted molar refractivity (Wildman–Crippen MR) is 121 cm³/mol. The first-order valence-electron chi connectivity index (χ1n) is 9.47. The van der Waals surface area contributed by atoms with Gasteiger partial charge >= 0.3 is 10.1 Å². The smallest absolute Gasteiger partial charge is 0.339 e. The molecule has 0 aliphatic carbocycles. The molecule has 0 aliphatic heterocycles. The molecule has 1 N–H and O–H groups in total. The lowest BCUT2D eigenvalue weighted by molar-refractivity contribution is -0.384. The summed E-state index contributed by atoms with van der Waals surface area (Å²) in [5, 5.41) is 23.0. The molecule has 0 aromatic heterocycles. The molecule has 0 aliphatic rings. The molecule has 166 valence electrons. The van der Waals surface area contributed by atoms with Crippen molar-refractivity contribution < 1.29 is 22.3 Å². The summed E-state index contributed by atoms with van der Waals surface area (Å²) in [7, 11) is -4.07. The fraction of sp³-hybridized carbons (Fsp3) is 0.0435. The van der Waals surface area contributed by atoms with Crippen molar-refractivity contribution in [2.24, 2.45) is 0 Å². The maximum atomic E-state index is 12.6. The number of nitriles is 1. The standard InChI is InChI=1S/C23H17N3O6S/c1-16-10-11-21(22(12-16)26(28)29)25-23(27)18(15-24)13-17-6-5-7-19(14-17)32-33(30,31)20-8-3-2-4-9-20/h2-14H,1H3,(H,25,27)/b18-13+. The van der Waals surface area contributed by atoms with Crippen molar-refractivity contribution in [1.82, 2.24) is 0 Å². The third-order valence-electron chi connectivity index (χ3n) is 4.37. The molecule has 3 rings (SSSR count). The van der Waals surface area contributed by atoms with Crippen LogP contribution in [0.3, 0.4) is 0 Å². The summed E-state index contributed by atoms with van der Waals surface area (Å²) in [4.78, 5) is 23.1. The Morgan fingerprint density at radius 2 is 1.82 bits per heavy atom. The Morgan fingerprint density at radius 1 is 1.09 bits per heavy atom. The molecule has 9 nitrogen and oxygen atoms in total. The summed E-state index contributed by atoms with van der Waals surface area (Å²) in [5.41, 5.74) is 0.261. The van der Waals surface area contributed by atoms with Crippen LogP contribution in [0.1, 0.15) is 11.1 Å². The Kier molecular flexibility index (Phi) is 6.85. The van der Waals surface area contributed by atoms with Gasteiger partial charge in [0.2, 0.25) is 0 Å². The van der Waals surface area contributed by atoms with E-state index in [1.54, 1.807) is 43.3 Å². The van der Waals surface area contributed by atoms with Crippen LogP contribution in [0.25, 0.3) is 6.08 Å². The summed E-state index contributed by atoms with van der Waals surface area (Å²) in [6.07, 6.45) is 1.22. The molecular formula is C23H17N3O6S. The number of carbonyl (C=O) groups is 1. The van der Waals surface area contributed by atoms with Gasteiger partial charge in [0.25, 0.3) is 11.6 Å². The number of benzene rings is 3. The van der Waals surface area contributed by atoms with E-state index in [1.165, 1.54) is 48.5 Å². The maximum absolute atomic E-state index is 12.6. The maximum Gasteiger partial charge on any atom is 0.339 e. The molecule has 0 bridgehead atoms. The average molecular weight is 463 g/mol. The van der Waals surface area contributed by atoms with Crippen molar-refractivity contribution in [3.63, 3.8) is 0 Å². The number of hydrogen-bond acceptors (Lipinski definition) is 7. The van der Waals surface area contributed by atoms with Gasteiger partial charge in [0.05, 0.1) is 4.92 Å². The number of carbonyl (C=O) groups excluding carboxylic acids is 1. The fourth-order valence-corrected chi connectivity index (χ4v) is 3.77. The second-order valence-corrected chi connectivity index (χ2v) is 8.37. The van der Waals surface area contributed by atoms with Crippen molar-refractivity contribution in [3.05, 3.63) is 99.6 Å². The monoisotopic (exact) mass is 463 g/mol. The number of aryl methyl sites for hydroxylation is 1. The van der Waals surface area contributed by atoms with E-state index < -0.39 is 20.9 Å². The molecular weight excluding hydrogens is 446 g/mol. The molecule has 0 saturated heterocycles. The summed E-state index contributed by atoms with van der Waals surface area (Å²) < 4.78 is 29.9. The van der Waals surface area contributed by atoms with Gasteiger partial charge in [0.15, 0.2) is 0 Å². The van der Waals surface area contributed by atoms with Crippen LogP contribution in [0.5, 0.6) is 5.75 Å². The van der Waals surface area contributed by atoms with Crippen molar-refractivity contribution in [2.75, 3.05) is 5.32 Å². The summed E-state index contributed by atoms with van der Waals surface area (Å²) in [6.45, 7) is 1.67. The number of amides is 1. The van der Waals surface area contributed by atoms with Crippen LogP contribution in [0.15, 0.2) is 83.3 Å². The number of nitro benzene ring substituents is 1. The van der Waals surface area contributed by atoms with E-state index in [0.29, 0.717) is 11.1 Å². The quantitative estimate of drug-likeness (QED) is 0.182. The highest BCUT2D eigenvalue weighted by molar-refractivity contribution is 7.87. The second-order valence-electron chi connectivity index (χ2n) is 6.82. The molecule has 33 heavy (non-hydrogen) atoms. The minimum Gasteiger partial charge on any atom is -0.379 e. The highest BCUT2D eigenvalue weighted by Crippen LogP contribution is 2.26. The molecule has 10 heteroatoms. The first-order valence-corrected chi connectivity index (χ1v) is 10.9. The third kappa shape index (κ3) is 5.81. The van der Waals surface area contributed by atoms with E-state index in [9.17, 15) is 28.6 Å². The Morgan fingerprint density at radius 3 is 2.48 bits per heavy atom. The van der Waals surface area contributed by atoms with Crippen LogP contribution in [0.4, 0.5) is 11.4 Å². The van der Waals surface area contributed by atoms with E-state index >= 15 is 0 Å². The van der Waals surface area contributed by atoms with E-state index in [1.807, 2.05) is 0 Å². The fourth-order valence-electron chi connectivity index (χ4n) is 2.82. The van der Waals surface area contributed by atoms with Gasteiger partial charge in [-0.2, -0.15) is 13.7 Å². The molecule has 0 radical (unpaired) electrons. The summed E-state index contributed by atoms with van der Waals surface area (Å²) >= 11 is 0. The van der Waals surface area contributed by atoms with Gasteiger partial charge in [-0.15, -0.1) is 0 Å². The molecule has 0 fully saturated rings. The molecule has 0 atom stereocenters. The van der Waals surface area contributed by atoms with E-state index in [2.05, 4.69) is 5.32 Å². The summed E-state index contributed by atoms with van der Waals surface area (Å²) in [6, 6.07) is 19.4. The van der Waals surface area contributed by atoms with E-state index in [0.717, 1.165) is 0 Å². The zero-order valence-electron chi connectivity index (χ0n) is 17.3. The van der Waals surface area contributed by atoms with Crippen molar-refractivity contribution in [2.45, 2.75) is 11.8 Å². The minimum atomic E-state index is -4.07. The predicted octanol–water partition coefficient (Wildman–Crippen LogP) is 4.22. The Bertz CT molecular complexity index is 1390. The van der Waals surface area contributed by atoms with Crippen molar-refractivity contribution >= 4 is 33.5 Å². The van der Waals surface area contributed by atoms with Gasteiger partial charge in [-0.05, 0) is 54.5 Å². The largest absolute Gasteiger partial charge is 0.379 e. The van der Waals surface area contributed by atoms with Crippen LogP contribution in [0, 0.1) is 28.4 Å².